The molecule has 1 aromatic carbocycles. The third kappa shape index (κ3) is 3.57. The molecular weight excluding hydrogens is 256 g/mol. The summed E-state index contributed by atoms with van der Waals surface area (Å²) in [6.07, 6.45) is 0. The lowest BCUT2D eigenvalue weighted by atomic mass is 10.1. The molecule has 6 heteroatoms. The Labute approximate surface area is 117 Å². The van der Waals surface area contributed by atoms with E-state index in [1.54, 1.807) is 25.1 Å². The van der Waals surface area contributed by atoms with Gasteiger partial charge in [0.2, 0.25) is 5.95 Å². The van der Waals surface area contributed by atoms with Crippen LogP contribution in [0.2, 0.25) is 0 Å². The van der Waals surface area contributed by atoms with Crippen molar-refractivity contribution in [3.8, 4) is 5.75 Å². The summed E-state index contributed by atoms with van der Waals surface area (Å²) in [7, 11) is 0. The van der Waals surface area contributed by atoms with Crippen molar-refractivity contribution < 1.29 is 9.53 Å². The van der Waals surface area contributed by atoms with Crippen molar-refractivity contribution in [2.75, 3.05) is 5.32 Å². The molecule has 0 saturated heterocycles. The molecule has 1 aromatic heterocycles. The maximum atomic E-state index is 12.2. The highest BCUT2D eigenvalue weighted by Gasteiger charge is 2.18. The Morgan fingerprint density at radius 1 is 1.30 bits per heavy atom. The second-order valence-electron chi connectivity index (χ2n) is 5.41. The van der Waals surface area contributed by atoms with Crippen LogP contribution in [0, 0.1) is 6.92 Å². The van der Waals surface area contributed by atoms with E-state index in [4.69, 9.17) is 4.74 Å². The fourth-order valence-electron chi connectivity index (χ4n) is 1.64. The third-order valence-electron chi connectivity index (χ3n) is 2.37. The van der Waals surface area contributed by atoms with E-state index in [-0.39, 0.29) is 17.5 Å². The molecule has 2 aromatic rings. The van der Waals surface area contributed by atoms with Gasteiger partial charge in [-0.3, -0.25) is 15.2 Å². The third-order valence-corrected chi connectivity index (χ3v) is 2.37. The van der Waals surface area contributed by atoms with Crippen molar-refractivity contribution in [1.29, 1.82) is 0 Å². The Morgan fingerprint density at radius 2 is 2.00 bits per heavy atom. The van der Waals surface area contributed by atoms with Gasteiger partial charge in [-0.25, -0.2) is 0 Å². The molecule has 20 heavy (non-hydrogen) atoms. The van der Waals surface area contributed by atoms with E-state index in [0.717, 1.165) is 0 Å². The Balaban J connectivity index is 2.21. The van der Waals surface area contributed by atoms with Gasteiger partial charge in [0.25, 0.3) is 5.91 Å². The lowest BCUT2D eigenvalue weighted by molar-refractivity contribution is 0.0998. The number of anilines is 1. The smallest absolute Gasteiger partial charge is 0.261 e. The Bertz CT molecular complexity index is 614. The second kappa shape index (κ2) is 5.32. The van der Waals surface area contributed by atoms with Crippen LogP contribution in [0.1, 0.15) is 37.0 Å². The number of hydrogen-bond acceptors (Lipinski definition) is 4. The number of benzene rings is 1. The quantitative estimate of drug-likeness (QED) is 0.901. The lowest BCUT2D eigenvalue weighted by Crippen LogP contribution is -2.25. The molecule has 2 N–H and O–H groups in total. The van der Waals surface area contributed by atoms with E-state index in [0.29, 0.717) is 17.1 Å². The molecule has 0 radical (unpaired) electrons. The maximum absolute atomic E-state index is 12.2. The molecule has 0 aliphatic carbocycles. The minimum Gasteiger partial charge on any atom is -0.487 e. The van der Waals surface area contributed by atoms with Crippen molar-refractivity contribution in [2.45, 2.75) is 33.3 Å². The number of aromatic nitrogens is 3. The molecule has 106 valence electrons. The Morgan fingerprint density at radius 3 is 2.60 bits per heavy atom. The van der Waals surface area contributed by atoms with E-state index >= 15 is 0 Å². The predicted molar refractivity (Wildman–Crippen MR) is 75.9 cm³/mol. The van der Waals surface area contributed by atoms with Crippen molar-refractivity contribution >= 4 is 11.9 Å². The molecule has 1 heterocycles. The summed E-state index contributed by atoms with van der Waals surface area (Å²) in [6, 6.07) is 7.09. The van der Waals surface area contributed by atoms with Crippen LogP contribution in [-0.2, 0) is 0 Å². The fourth-order valence-corrected chi connectivity index (χ4v) is 1.64. The van der Waals surface area contributed by atoms with Gasteiger partial charge in [-0.05, 0) is 39.8 Å². The summed E-state index contributed by atoms with van der Waals surface area (Å²) >= 11 is 0. The molecule has 6 nitrogen and oxygen atoms in total. The van der Waals surface area contributed by atoms with Gasteiger partial charge in [0.1, 0.15) is 17.2 Å². The molecule has 0 atom stereocenters. The van der Waals surface area contributed by atoms with E-state index in [1.807, 2.05) is 26.8 Å². The number of ether oxygens (including phenoxy) is 1. The zero-order chi connectivity index (χ0) is 14.8. The first kappa shape index (κ1) is 14.0. The van der Waals surface area contributed by atoms with Gasteiger partial charge < -0.3 is 4.74 Å². The average Bonchev–Trinajstić information content (AvgIpc) is 2.73. The molecule has 0 saturated carbocycles. The van der Waals surface area contributed by atoms with Gasteiger partial charge >= 0.3 is 0 Å². The summed E-state index contributed by atoms with van der Waals surface area (Å²) in [6.45, 7) is 7.56. The number of H-pyrrole nitrogens is 1. The van der Waals surface area contributed by atoms with Crippen molar-refractivity contribution in [3.63, 3.8) is 0 Å². The number of carbonyl (C=O) groups is 1. The monoisotopic (exact) mass is 274 g/mol. The largest absolute Gasteiger partial charge is 0.487 e. The molecular formula is C14H18N4O2. The Kier molecular flexibility index (Phi) is 3.74. The maximum Gasteiger partial charge on any atom is 0.261 e. The summed E-state index contributed by atoms with van der Waals surface area (Å²) in [5.74, 6) is 1.12. The van der Waals surface area contributed by atoms with E-state index in [2.05, 4.69) is 20.5 Å². The van der Waals surface area contributed by atoms with Crippen LogP contribution in [-0.4, -0.2) is 26.7 Å². The molecule has 0 aliphatic rings. The minimum absolute atomic E-state index is 0.248. The van der Waals surface area contributed by atoms with Crippen LogP contribution < -0.4 is 10.1 Å². The van der Waals surface area contributed by atoms with Crippen molar-refractivity contribution in [2.24, 2.45) is 0 Å². The minimum atomic E-state index is -0.377. The number of nitrogens with zero attached hydrogens (tertiary/aromatic N) is 2. The molecule has 1 amide bonds. The number of aryl methyl sites for hydroxylation is 1. The van der Waals surface area contributed by atoms with Gasteiger partial charge in [-0.15, -0.1) is 5.10 Å². The second-order valence-corrected chi connectivity index (χ2v) is 5.41. The van der Waals surface area contributed by atoms with Crippen molar-refractivity contribution in [1.82, 2.24) is 15.2 Å². The van der Waals surface area contributed by atoms with Gasteiger partial charge in [0.15, 0.2) is 0 Å². The molecule has 0 spiro atoms. The van der Waals surface area contributed by atoms with Gasteiger partial charge in [-0.1, -0.05) is 12.1 Å². The number of para-hydroxylation sites is 1. The number of hydrogen-bond donors (Lipinski definition) is 2. The van der Waals surface area contributed by atoms with Crippen LogP contribution in [0.4, 0.5) is 5.95 Å². The molecule has 2 rings (SSSR count). The van der Waals surface area contributed by atoms with Crippen LogP contribution in [0.15, 0.2) is 24.3 Å². The van der Waals surface area contributed by atoms with Crippen LogP contribution in [0.3, 0.4) is 0 Å². The number of rotatable bonds is 3. The highest BCUT2D eigenvalue weighted by atomic mass is 16.5. The van der Waals surface area contributed by atoms with E-state index < -0.39 is 0 Å². The highest BCUT2D eigenvalue weighted by molar-refractivity contribution is 6.05. The molecule has 0 fully saturated rings. The van der Waals surface area contributed by atoms with E-state index in [9.17, 15) is 4.79 Å². The first-order chi connectivity index (χ1) is 9.35. The highest BCUT2D eigenvalue weighted by Crippen LogP contribution is 2.23. The molecule has 0 bridgehead atoms. The standard InChI is InChI=1S/C14H18N4O2/c1-9-15-13(18-17-9)16-12(19)10-7-5-6-8-11(10)20-14(2,3)4/h5-8H,1-4H3,(H2,15,16,17,18,19). The van der Waals surface area contributed by atoms with Crippen LogP contribution in [0.25, 0.3) is 0 Å². The first-order valence-corrected chi connectivity index (χ1v) is 6.33. The molecule has 0 aliphatic heterocycles. The van der Waals surface area contributed by atoms with Crippen LogP contribution >= 0.6 is 0 Å². The number of carbonyl (C=O) groups excluding carboxylic acids is 1. The lowest BCUT2D eigenvalue weighted by Gasteiger charge is -2.22. The summed E-state index contributed by atoms with van der Waals surface area (Å²) in [5.41, 5.74) is 0.0715. The molecule has 0 unspecified atom stereocenters. The normalized spacial score (nSPS) is 11.2. The topological polar surface area (TPSA) is 79.9 Å². The summed E-state index contributed by atoms with van der Waals surface area (Å²) in [4.78, 5) is 16.3. The SMILES string of the molecule is Cc1nc(NC(=O)c2ccccc2OC(C)(C)C)n[nH]1. The summed E-state index contributed by atoms with van der Waals surface area (Å²) < 4.78 is 5.79. The Hall–Kier alpha value is -2.37. The van der Waals surface area contributed by atoms with E-state index in [1.165, 1.54) is 0 Å². The number of amides is 1. The van der Waals surface area contributed by atoms with Gasteiger partial charge in [0.05, 0.1) is 5.56 Å². The fraction of sp³-hybridized carbons (Fsp3) is 0.357. The predicted octanol–water partition coefficient (Wildman–Crippen LogP) is 2.54. The zero-order valence-corrected chi connectivity index (χ0v) is 12.0. The van der Waals surface area contributed by atoms with Crippen LogP contribution in [0.5, 0.6) is 5.75 Å². The van der Waals surface area contributed by atoms with Crippen molar-refractivity contribution in [3.05, 3.63) is 35.7 Å². The summed E-state index contributed by atoms with van der Waals surface area (Å²) in [5, 5.41) is 9.18. The van der Waals surface area contributed by atoms with Gasteiger partial charge in [-0.2, -0.15) is 4.98 Å². The average molecular weight is 274 g/mol. The number of aromatic amines is 1. The number of nitrogens with one attached hydrogen (secondary N) is 2. The van der Waals surface area contributed by atoms with Gasteiger partial charge in [0, 0.05) is 0 Å². The first-order valence-electron chi connectivity index (χ1n) is 6.33. The zero-order valence-electron chi connectivity index (χ0n) is 12.0.